The Labute approximate surface area is 260 Å². The maximum Gasteiger partial charge on any atom is 0.416 e. The smallest absolute Gasteiger partial charge is 0.382 e. The zero-order chi connectivity index (χ0) is 33.2. The molecule has 46 heavy (non-hydrogen) atoms. The molecule has 236 valence electrons. The van der Waals surface area contributed by atoms with E-state index in [1.54, 1.807) is 37.4 Å². The summed E-state index contributed by atoms with van der Waals surface area (Å²) in [7, 11) is 5.40. The van der Waals surface area contributed by atoms with Gasteiger partial charge in [-0.2, -0.15) is 13.2 Å². The first-order valence-electron chi connectivity index (χ1n) is 13.7. The molecule has 0 aliphatic carbocycles. The fraction of sp³-hybridized carbons (Fsp3) is 0.161. The Morgan fingerprint density at radius 2 is 1.70 bits per heavy atom. The molecule has 0 unspecified atom stereocenters. The minimum Gasteiger partial charge on any atom is -0.382 e. The Hall–Kier alpha value is -5.83. The number of aromatic nitrogens is 5. The van der Waals surface area contributed by atoms with E-state index in [1.165, 1.54) is 50.7 Å². The maximum atomic E-state index is 14.0. The predicted molar refractivity (Wildman–Crippen MR) is 167 cm³/mol. The van der Waals surface area contributed by atoms with Gasteiger partial charge in [-0.3, -0.25) is 14.2 Å². The Morgan fingerprint density at radius 3 is 2.39 bits per heavy atom. The van der Waals surface area contributed by atoms with Crippen molar-refractivity contribution in [1.82, 2.24) is 29.0 Å². The quantitative estimate of drug-likeness (QED) is 0.246. The molecule has 2 amide bonds. The molecule has 0 saturated heterocycles. The molecule has 0 atom stereocenters. The van der Waals surface area contributed by atoms with Crippen molar-refractivity contribution in [1.29, 1.82) is 0 Å². The fourth-order valence-electron chi connectivity index (χ4n) is 4.59. The van der Waals surface area contributed by atoms with Crippen LogP contribution in [0.1, 0.15) is 15.9 Å². The van der Waals surface area contributed by atoms with Crippen LogP contribution >= 0.6 is 0 Å². The lowest BCUT2D eigenvalue weighted by Crippen LogP contribution is -2.25. The van der Waals surface area contributed by atoms with Crippen LogP contribution < -0.4 is 21.6 Å². The monoisotopic (exact) mass is 631 g/mol. The van der Waals surface area contributed by atoms with Gasteiger partial charge in [0.1, 0.15) is 17.7 Å². The lowest BCUT2D eigenvalue weighted by molar-refractivity contribution is -0.137. The number of imidazole rings is 1. The first-order valence-corrected chi connectivity index (χ1v) is 13.7. The molecule has 0 radical (unpaired) electrons. The van der Waals surface area contributed by atoms with Crippen molar-refractivity contribution in [3.05, 3.63) is 107 Å². The molecule has 3 aromatic heterocycles. The number of anilines is 3. The van der Waals surface area contributed by atoms with E-state index in [1.807, 2.05) is 19.0 Å². The van der Waals surface area contributed by atoms with Crippen molar-refractivity contribution in [3.63, 3.8) is 0 Å². The average molecular weight is 632 g/mol. The molecule has 3 N–H and O–H groups in total. The summed E-state index contributed by atoms with van der Waals surface area (Å²) in [6.45, 7) is 0.592. The van der Waals surface area contributed by atoms with Gasteiger partial charge < -0.3 is 20.9 Å². The number of carbonyl (C=O) groups is 2. The number of hydrogen-bond donors (Lipinski definition) is 2. The number of likely N-dealkylation sites (N-methyl/N-ethyl adjacent to an activating group) is 2. The Bertz CT molecular complexity index is 2020. The van der Waals surface area contributed by atoms with E-state index in [4.69, 9.17) is 5.73 Å². The summed E-state index contributed by atoms with van der Waals surface area (Å²) in [6.07, 6.45) is 0.795. The molecule has 3 heterocycles. The van der Waals surface area contributed by atoms with Crippen LogP contribution in [0.4, 0.5) is 30.5 Å². The Morgan fingerprint density at radius 1 is 0.957 bits per heavy atom. The first kappa shape index (κ1) is 31.6. The molecule has 0 spiro atoms. The largest absolute Gasteiger partial charge is 0.416 e. The van der Waals surface area contributed by atoms with Crippen molar-refractivity contribution >= 4 is 40.3 Å². The van der Waals surface area contributed by atoms with Gasteiger partial charge in [-0.25, -0.2) is 24.3 Å². The van der Waals surface area contributed by atoms with Gasteiger partial charge in [-0.05, 0) is 68.7 Å². The molecule has 0 aliphatic rings. The van der Waals surface area contributed by atoms with E-state index >= 15 is 0 Å². The van der Waals surface area contributed by atoms with Gasteiger partial charge in [-0.1, -0.05) is 12.1 Å². The minimum atomic E-state index is -4.60. The summed E-state index contributed by atoms with van der Waals surface area (Å²) < 4.78 is 41.8. The third-order valence-corrected chi connectivity index (χ3v) is 6.90. The second-order valence-electron chi connectivity index (χ2n) is 10.4. The van der Waals surface area contributed by atoms with Crippen LogP contribution in [0.3, 0.4) is 0 Å². The van der Waals surface area contributed by atoms with Crippen molar-refractivity contribution < 1.29 is 22.8 Å². The molecule has 2 aromatic carbocycles. The van der Waals surface area contributed by atoms with E-state index in [2.05, 4.69) is 20.3 Å². The molecule has 5 rings (SSSR count). The van der Waals surface area contributed by atoms with Crippen LogP contribution in [0.15, 0.2) is 90.1 Å². The third-order valence-electron chi connectivity index (χ3n) is 6.90. The first-order chi connectivity index (χ1) is 21.8. The van der Waals surface area contributed by atoms with Crippen LogP contribution in [0.2, 0.25) is 0 Å². The summed E-state index contributed by atoms with van der Waals surface area (Å²) in [5.74, 6) is -1.21. The van der Waals surface area contributed by atoms with E-state index in [0.717, 1.165) is 18.3 Å². The van der Waals surface area contributed by atoms with Gasteiger partial charge in [0, 0.05) is 37.1 Å². The van der Waals surface area contributed by atoms with Crippen LogP contribution in [-0.4, -0.2) is 68.5 Å². The standard InChI is InChI=1S/C31H28F3N9O3/c1-40(2)15-5-8-25(44)41(3)22-6-4-7-23(17-22)43-28-26(27(35)37-18-38-28)42(30(43)46)21-11-9-19(10-12-21)29(45)39-24-16-20(13-14-36-24)31(32,33)34/h4-14,16-18H,15H2,1-3H3,(H2,35,37,38)(H,36,39,45)/b8-5+. The van der Waals surface area contributed by atoms with Gasteiger partial charge in [-0.15, -0.1) is 0 Å². The summed E-state index contributed by atoms with van der Waals surface area (Å²) in [4.78, 5) is 55.0. The lowest BCUT2D eigenvalue weighted by Gasteiger charge is -2.16. The summed E-state index contributed by atoms with van der Waals surface area (Å²) in [6, 6.07) is 14.1. The molecule has 12 nitrogen and oxygen atoms in total. The van der Waals surface area contributed by atoms with Gasteiger partial charge in [0.25, 0.3) is 5.91 Å². The number of benzene rings is 2. The van der Waals surface area contributed by atoms with Crippen LogP contribution in [-0.2, 0) is 11.0 Å². The molecule has 0 aliphatic heterocycles. The Balaban J connectivity index is 1.48. The number of alkyl halides is 3. The number of amides is 2. The summed E-state index contributed by atoms with van der Waals surface area (Å²) in [5, 5.41) is 2.35. The molecular formula is C31H28F3N9O3. The number of nitrogen functional groups attached to an aromatic ring is 1. The lowest BCUT2D eigenvalue weighted by atomic mass is 10.2. The van der Waals surface area contributed by atoms with E-state index in [-0.39, 0.29) is 34.3 Å². The van der Waals surface area contributed by atoms with Gasteiger partial charge in [0.15, 0.2) is 11.5 Å². The molecular weight excluding hydrogens is 603 g/mol. The number of halogens is 3. The molecule has 0 bridgehead atoms. The topological polar surface area (TPSA) is 144 Å². The van der Waals surface area contributed by atoms with E-state index < -0.39 is 23.3 Å². The number of pyridine rings is 1. The fourth-order valence-corrected chi connectivity index (χ4v) is 4.59. The van der Waals surface area contributed by atoms with Crippen LogP contribution in [0.5, 0.6) is 0 Å². The summed E-state index contributed by atoms with van der Waals surface area (Å²) in [5.41, 5.74) is 6.46. The number of nitrogens with zero attached hydrogens (tertiary/aromatic N) is 7. The third kappa shape index (κ3) is 6.49. The highest BCUT2D eigenvalue weighted by Gasteiger charge is 2.31. The molecule has 5 aromatic rings. The van der Waals surface area contributed by atoms with Crippen molar-refractivity contribution in [2.75, 3.05) is 43.6 Å². The minimum absolute atomic E-state index is 0.0211. The van der Waals surface area contributed by atoms with Gasteiger partial charge >= 0.3 is 11.9 Å². The number of nitrogens with one attached hydrogen (secondary N) is 1. The van der Waals surface area contributed by atoms with E-state index in [0.29, 0.717) is 23.6 Å². The van der Waals surface area contributed by atoms with Gasteiger partial charge in [0.2, 0.25) is 5.91 Å². The molecule has 15 heteroatoms. The van der Waals surface area contributed by atoms with Crippen molar-refractivity contribution in [3.8, 4) is 11.4 Å². The van der Waals surface area contributed by atoms with Gasteiger partial charge in [0.05, 0.1) is 16.9 Å². The number of rotatable bonds is 8. The van der Waals surface area contributed by atoms with Crippen LogP contribution in [0, 0.1) is 0 Å². The highest BCUT2D eigenvalue weighted by molar-refractivity contribution is 6.04. The van der Waals surface area contributed by atoms with Crippen molar-refractivity contribution in [2.45, 2.75) is 6.18 Å². The number of hydrogen-bond acceptors (Lipinski definition) is 8. The second kappa shape index (κ2) is 12.6. The second-order valence-corrected chi connectivity index (χ2v) is 10.4. The zero-order valence-corrected chi connectivity index (χ0v) is 24.9. The zero-order valence-electron chi connectivity index (χ0n) is 24.9. The average Bonchev–Trinajstić information content (AvgIpc) is 3.33. The highest BCUT2D eigenvalue weighted by Crippen LogP contribution is 2.30. The van der Waals surface area contributed by atoms with Crippen molar-refractivity contribution in [2.24, 2.45) is 0 Å². The van der Waals surface area contributed by atoms with Crippen LogP contribution in [0.25, 0.3) is 22.5 Å². The summed E-state index contributed by atoms with van der Waals surface area (Å²) >= 11 is 0. The normalized spacial score (nSPS) is 11.8. The predicted octanol–water partition coefficient (Wildman–Crippen LogP) is 3.90. The number of nitrogens with two attached hydrogens (primary N) is 1. The molecule has 0 fully saturated rings. The Kier molecular flexibility index (Phi) is 8.69. The SMILES string of the molecule is CN(C)C/C=C/C(=O)N(C)c1cccc(-n2c(=O)n(-c3ccc(C(=O)Nc4cc(C(F)(F)F)ccn4)cc3)c3c(N)ncnc32)c1. The maximum absolute atomic E-state index is 14.0. The highest BCUT2D eigenvalue weighted by atomic mass is 19.4. The van der Waals surface area contributed by atoms with E-state index in [9.17, 15) is 27.6 Å². The molecule has 0 saturated carbocycles. The number of fused-ring (bicyclic) bond motifs is 1. The number of carbonyl (C=O) groups excluding carboxylic acids is 2.